The second kappa shape index (κ2) is 5.95. The van der Waals surface area contributed by atoms with Crippen molar-refractivity contribution in [1.82, 2.24) is 4.90 Å². The molecule has 0 radical (unpaired) electrons. The molecule has 0 aromatic heterocycles. The van der Waals surface area contributed by atoms with Crippen molar-refractivity contribution in [3.8, 4) is 5.75 Å². The summed E-state index contributed by atoms with van der Waals surface area (Å²) in [4.78, 5) is 1.97. The molecule has 1 aromatic carbocycles. The summed E-state index contributed by atoms with van der Waals surface area (Å²) in [6.45, 7) is 4.20. The van der Waals surface area contributed by atoms with Gasteiger partial charge in [0, 0.05) is 19.9 Å². The summed E-state index contributed by atoms with van der Waals surface area (Å²) in [6, 6.07) is 7.80. The second-order valence-corrected chi connectivity index (χ2v) is 4.55. The first-order valence-corrected chi connectivity index (χ1v) is 6.24. The number of ether oxygens (including phenoxy) is 2. The molecule has 1 aromatic rings. The van der Waals surface area contributed by atoms with E-state index in [-0.39, 0.29) is 6.79 Å². The van der Waals surface area contributed by atoms with Crippen molar-refractivity contribution in [3.05, 3.63) is 59.3 Å². The molecule has 19 heavy (non-hydrogen) atoms. The van der Waals surface area contributed by atoms with Gasteiger partial charge in [0.1, 0.15) is 5.75 Å². The highest BCUT2D eigenvalue weighted by molar-refractivity contribution is 6.32. The summed E-state index contributed by atoms with van der Waals surface area (Å²) in [7, 11) is 3.54. The van der Waals surface area contributed by atoms with Crippen LogP contribution >= 0.6 is 11.6 Å². The summed E-state index contributed by atoms with van der Waals surface area (Å²) in [5.41, 5.74) is 2.92. The summed E-state index contributed by atoms with van der Waals surface area (Å²) >= 11 is 6.04. The summed E-state index contributed by atoms with van der Waals surface area (Å²) in [5, 5.41) is 0.659. The first-order chi connectivity index (χ1) is 9.13. The Morgan fingerprint density at radius 1 is 1.21 bits per heavy atom. The van der Waals surface area contributed by atoms with Crippen LogP contribution in [0.5, 0.6) is 5.75 Å². The number of allylic oxidation sites excluding steroid dienone is 3. The van der Waals surface area contributed by atoms with Gasteiger partial charge in [0.05, 0.1) is 10.7 Å². The van der Waals surface area contributed by atoms with Crippen molar-refractivity contribution in [2.24, 2.45) is 0 Å². The van der Waals surface area contributed by atoms with E-state index >= 15 is 0 Å². The van der Waals surface area contributed by atoms with Crippen LogP contribution in [0.15, 0.2) is 53.7 Å². The van der Waals surface area contributed by atoms with Gasteiger partial charge in [-0.05, 0) is 42.0 Å². The topological polar surface area (TPSA) is 21.7 Å². The lowest BCUT2D eigenvalue weighted by Gasteiger charge is -2.27. The van der Waals surface area contributed by atoms with Crippen LogP contribution in [-0.4, -0.2) is 25.9 Å². The lowest BCUT2D eigenvalue weighted by atomic mass is 10.1. The van der Waals surface area contributed by atoms with Crippen LogP contribution in [0.1, 0.15) is 5.56 Å². The van der Waals surface area contributed by atoms with Crippen molar-refractivity contribution < 1.29 is 9.47 Å². The maximum Gasteiger partial charge on any atom is 0.188 e. The van der Waals surface area contributed by atoms with E-state index in [9.17, 15) is 0 Å². The minimum absolute atomic E-state index is 0.247. The van der Waals surface area contributed by atoms with Crippen LogP contribution < -0.4 is 4.74 Å². The molecular weight excluding hydrogens is 262 g/mol. The molecule has 2 rings (SSSR count). The zero-order valence-corrected chi connectivity index (χ0v) is 11.8. The lowest BCUT2D eigenvalue weighted by molar-refractivity contribution is 0.0511. The standard InChI is InChI=1S/C15H16ClNO2/c1-11-14(16)8-9-15(17(11)2)12-4-6-13(7-5-12)19-10-18-3/h4-9H,1,10H2,2-3H3. The molecule has 0 spiro atoms. The molecule has 0 saturated heterocycles. The quantitative estimate of drug-likeness (QED) is 0.785. The third kappa shape index (κ3) is 3.00. The van der Waals surface area contributed by atoms with Gasteiger partial charge in [-0.1, -0.05) is 18.2 Å². The highest BCUT2D eigenvalue weighted by Crippen LogP contribution is 2.31. The zero-order chi connectivity index (χ0) is 13.8. The second-order valence-electron chi connectivity index (χ2n) is 4.15. The first-order valence-electron chi connectivity index (χ1n) is 5.86. The van der Waals surface area contributed by atoms with E-state index in [4.69, 9.17) is 21.1 Å². The molecule has 0 fully saturated rings. The molecule has 0 bridgehead atoms. The molecule has 100 valence electrons. The third-order valence-corrected chi connectivity index (χ3v) is 3.27. The number of hydrogen-bond acceptors (Lipinski definition) is 3. The van der Waals surface area contributed by atoms with Gasteiger partial charge in [0.15, 0.2) is 6.79 Å². The van der Waals surface area contributed by atoms with Crippen molar-refractivity contribution in [3.63, 3.8) is 0 Å². The van der Waals surface area contributed by atoms with Gasteiger partial charge in [-0.3, -0.25) is 0 Å². The largest absolute Gasteiger partial charge is 0.468 e. The van der Waals surface area contributed by atoms with Crippen molar-refractivity contribution in [2.45, 2.75) is 0 Å². The van der Waals surface area contributed by atoms with Crippen molar-refractivity contribution in [2.75, 3.05) is 21.0 Å². The number of methoxy groups -OCH3 is 1. The molecule has 0 unspecified atom stereocenters. The first kappa shape index (κ1) is 13.7. The van der Waals surface area contributed by atoms with Gasteiger partial charge in [-0.15, -0.1) is 0 Å². The van der Waals surface area contributed by atoms with Crippen LogP contribution in [0.25, 0.3) is 5.70 Å². The van der Waals surface area contributed by atoms with Crippen LogP contribution in [0, 0.1) is 0 Å². The van der Waals surface area contributed by atoms with Gasteiger partial charge >= 0.3 is 0 Å². The Morgan fingerprint density at radius 3 is 2.53 bits per heavy atom. The predicted octanol–water partition coefficient (Wildman–Crippen LogP) is 3.59. The molecule has 3 nitrogen and oxygen atoms in total. The Labute approximate surface area is 118 Å². The predicted molar refractivity (Wildman–Crippen MR) is 77.8 cm³/mol. The lowest BCUT2D eigenvalue weighted by Crippen LogP contribution is -2.18. The van der Waals surface area contributed by atoms with Gasteiger partial charge in [0.2, 0.25) is 0 Å². The van der Waals surface area contributed by atoms with E-state index in [0.717, 1.165) is 22.7 Å². The van der Waals surface area contributed by atoms with Crippen LogP contribution in [0.3, 0.4) is 0 Å². The fourth-order valence-corrected chi connectivity index (χ4v) is 1.99. The van der Waals surface area contributed by atoms with Crippen LogP contribution in [-0.2, 0) is 4.74 Å². The highest BCUT2D eigenvalue weighted by Gasteiger charge is 2.16. The highest BCUT2D eigenvalue weighted by atomic mass is 35.5. The number of halogens is 1. The fraction of sp³-hybridized carbons (Fsp3) is 0.200. The number of likely N-dealkylation sites (N-methyl/N-ethyl adjacent to an activating group) is 1. The fourth-order valence-electron chi connectivity index (χ4n) is 1.80. The Hall–Kier alpha value is -1.71. The smallest absolute Gasteiger partial charge is 0.188 e. The summed E-state index contributed by atoms with van der Waals surface area (Å²) in [5.74, 6) is 0.775. The van der Waals surface area contributed by atoms with E-state index in [1.54, 1.807) is 7.11 Å². The average molecular weight is 278 g/mol. The summed E-state index contributed by atoms with van der Waals surface area (Å²) < 4.78 is 10.2. The number of hydrogen-bond donors (Lipinski definition) is 0. The van der Waals surface area contributed by atoms with E-state index < -0.39 is 0 Å². The molecule has 1 aliphatic heterocycles. The maximum atomic E-state index is 6.04. The molecule has 1 aliphatic rings. The molecule has 0 saturated carbocycles. The molecule has 0 aliphatic carbocycles. The zero-order valence-electron chi connectivity index (χ0n) is 11.0. The van der Waals surface area contributed by atoms with Crippen LogP contribution in [0.4, 0.5) is 0 Å². The van der Waals surface area contributed by atoms with Crippen LogP contribution in [0.2, 0.25) is 0 Å². The molecule has 0 N–H and O–H groups in total. The molecular formula is C15H16ClNO2. The molecule has 0 amide bonds. The Bertz CT molecular complexity index is 532. The van der Waals surface area contributed by atoms with Crippen molar-refractivity contribution in [1.29, 1.82) is 0 Å². The van der Waals surface area contributed by atoms with Gasteiger partial charge in [0.25, 0.3) is 0 Å². The van der Waals surface area contributed by atoms with E-state index in [1.807, 2.05) is 48.4 Å². The molecule has 4 heteroatoms. The van der Waals surface area contributed by atoms with Crippen molar-refractivity contribution >= 4 is 17.3 Å². The monoisotopic (exact) mass is 277 g/mol. The Balaban J connectivity index is 2.21. The van der Waals surface area contributed by atoms with E-state index in [1.165, 1.54) is 0 Å². The number of rotatable bonds is 4. The minimum Gasteiger partial charge on any atom is -0.468 e. The SMILES string of the molecule is C=C1C(Cl)=CC=C(c2ccc(OCOC)cc2)N1C. The molecule has 1 heterocycles. The average Bonchev–Trinajstić information content (AvgIpc) is 2.44. The third-order valence-electron chi connectivity index (χ3n) is 2.92. The van der Waals surface area contributed by atoms with Gasteiger partial charge in [-0.2, -0.15) is 0 Å². The number of benzene rings is 1. The van der Waals surface area contributed by atoms with Gasteiger partial charge < -0.3 is 14.4 Å². The van der Waals surface area contributed by atoms with E-state index in [2.05, 4.69) is 6.58 Å². The normalized spacial score (nSPS) is 15.1. The minimum atomic E-state index is 0.247. The van der Waals surface area contributed by atoms with E-state index in [0.29, 0.717) is 5.03 Å². The number of nitrogens with zero attached hydrogens (tertiary/aromatic N) is 1. The van der Waals surface area contributed by atoms with Gasteiger partial charge in [-0.25, -0.2) is 0 Å². The Kier molecular flexibility index (Phi) is 4.30. The Morgan fingerprint density at radius 2 is 1.89 bits per heavy atom. The summed E-state index contributed by atoms with van der Waals surface area (Å²) in [6.07, 6.45) is 3.83. The molecule has 0 atom stereocenters. The maximum absolute atomic E-state index is 6.04.